The molecule has 0 aromatic heterocycles. The fourth-order valence-corrected chi connectivity index (χ4v) is 5.94. The van der Waals surface area contributed by atoms with E-state index in [2.05, 4.69) is 21.2 Å². The highest BCUT2D eigenvalue weighted by Gasteiger charge is 2.64. The van der Waals surface area contributed by atoms with Crippen LogP contribution in [0.3, 0.4) is 0 Å². The third-order valence-electron chi connectivity index (χ3n) is 7.08. The van der Waals surface area contributed by atoms with E-state index in [0.29, 0.717) is 10.2 Å². The van der Waals surface area contributed by atoms with Gasteiger partial charge in [-0.15, -0.1) is 0 Å². The summed E-state index contributed by atoms with van der Waals surface area (Å²) in [6.45, 7) is 0. The normalized spacial score (nSPS) is 18.9. The topological polar surface area (TPSA) is 107 Å². The van der Waals surface area contributed by atoms with Crippen molar-refractivity contribution in [3.8, 4) is 0 Å². The van der Waals surface area contributed by atoms with E-state index in [1.807, 2.05) is 0 Å². The number of hydrogen-bond acceptors (Lipinski definition) is 6. The van der Waals surface area contributed by atoms with Crippen molar-refractivity contribution in [3.05, 3.63) is 122 Å². The summed E-state index contributed by atoms with van der Waals surface area (Å²) in [6.07, 6.45) is 0. The van der Waals surface area contributed by atoms with E-state index in [-0.39, 0.29) is 39.0 Å². The summed E-state index contributed by atoms with van der Waals surface area (Å²) in [5, 5.41) is 2.76. The summed E-state index contributed by atoms with van der Waals surface area (Å²) in [4.78, 5) is 69.3. The second-order valence-electron chi connectivity index (χ2n) is 8.81. The van der Waals surface area contributed by atoms with E-state index in [1.165, 1.54) is 24.3 Å². The Labute approximate surface area is 211 Å². The Morgan fingerprint density at radius 2 is 1.11 bits per heavy atom. The summed E-state index contributed by atoms with van der Waals surface area (Å²) in [7, 11) is 0. The van der Waals surface area contributed by atoms with Crippen LogP contribution in [0.25, 0.3) is 0 Å². The van der Waals surface area contributed by atoms with Crippen molar-refractivity contribution in [2.24, 2.45) is 0 Å². The molecule has 7 nitrogen and oxygen atoms in total. The van der Waals surface area contributed by atoms with Gasteiger partial charge in [0.2, 0.25) is 17.5 Å². The largest absolute Gasteiger partial charge is 0.448 e. The number of halogens is 1. The summed E-state index contributed by atoms with van der Waals surface area (Å²) in [5.74, 6) is -4.05. The van der Waals surface area contributed by atoms with Gasteiger partial charge in [0.25, 0.3) is 0 Å². The van der Waals surface area contributed by atoms with Gasteiger partial charge in [-0.25, -0.2) is 0 Å². The van der Waals surface area contributed by atoms with Crippen LogP contribution in [0.1, 0.15) is 47.0 Å². The third-order valence-corrected chi connectivity index (χ3v) is 7.58. The van der Waals surface area contributed by atoms with Crippen LogP contribution in [0.5, 0.6) is 0 Å². The van der Waals surface area contributed by atoms with Gasteiger partial charge in [-0.1, -0.05) is 64.5 Å². The number of allylic oxidation sites excluding steroid dienone is 2. The lowest BCUT2D eigenvalue weighted by Crippen LogP contribution is -2.51. The maximum atomic E-state index is 14.0. The van der Waals surface area contributed by atoms with Crippen LogP contribution in [0, 0.1) is 0 Å². The SMILES string of the molecule is O=C1C2=C(C(=O)c3ccccc31)C1(C(=O)Nc3ccc(Br)cc31)C1=C(O2)C(=O)c2ccccc2C1=O. The quantitative estimate of drug-likeness (QED) is 0.457. The van der Waals surface area contributed by atoms with E-state index in [0.717, 1.165) is 0 Å². The molecule has 0 atom stereocenters. The molecule has 3 aromatic carbocycles. The number of rotatable bonds is 0. The summed E-state index contributed by atoms with van der Waals surface area (Å²) < 4.78 is 6.46. The molecule has 0 saturated heterocycles. The minimum Gasteiger partial charge on any atom is -0.448 e. The first kappa shape index (κ1) is 20.9. The zero-order valence-corrected chi connectivity index (χ0v) is 19.8. The summed E-state index contributed by atoms with van der Waals surface area (Å²) >= 11 is 3.41. The number of carbonyl (C=O) groups excluding carboxylic acids is 5. The van der Waals surface area contributed by atoms with Crippen LogP contribution in [-0.4, -0.2) is 29.0 Å². The zero-order chi connectivity index (χ0) is 24.9. The third kappa shape index (κ3) is 2.29. The lowest BCUT2D eigenvalue weighted by Gasteiger charge is -2.40. The van der Waals surface area contributed by atoms with Crippen molar-refractivity contribution in [1.29, 1.82) is 0 Å². The molecule has 36 heavy (non-hydrogen) atoms. The van der Waals surface area contributed by atoms with Crippen LogP contribution < -0.4 is 5.32 Å². The molecule has 2 aliphatic carbocycles. The average molecular weight is 538 g/mol. The van der Waals surface area contributed by atoms with Crippen LogP contribution in [0.15, 0.2) is 93.9 Å². The molecule has 0 bridgehead atoms. The molecule has 1 spiro atoms. The van der Waals surface area contributed by atoms with Crippen molar-refractivity contribution in [2.75, 3.05) is 5.32 Å². The first-order valence-electron chi connectivity index (χ1n) is 11.0. The number of benzene rings is 3. The summed E-state index contributed by atoms with van der Waals surface area (Å²) in [5.41, 5.74) is -1.54. The first-order valence-corrected chi connectivity index (χ1v) is 11.8. The standard InChI is InChI=1S/C28H12BrNO6/c29-12-9-10-18-17(11-12)28(27(35)30-18)19-21(31)13-5-1-3-7-15(13)23(33)25(19)36-26-20(28)22(32)14-6-2-4-8-16(14)24(26)34/h1-11H,(H,30,35). The monoisotopic (exact) mass is 537 g/mol. The van der Waals surface area contributed by atoms with Gasteiger partial charge in [0.05, 0.1) is 11.1 Å². The second-order valence-corrected chi connectivity index (χ2v) is 9.73. The molecule has 4 aliphatic rings. The van der Waals surface area contributed by atoms with Gasteiger partial charge >= 0.3 is 0 Å². The molecule has 0 saturated carbocycles. The van der Waals surface area contributed by atoms with Crippen LogP contribution in [0.4, 0.5) is 5.69 Å². The van der Waals surface area contributed by atoms with Crippen molar-refractivity contribution in [1.82, 2.24) is 0 Å². The Morgan fingerprint density at radius 3 is 1.61 bits per heavy atom. The van der Waals surface area contributed by atoms with Crippen molar-refractivity contribution >= 4 is 50.7 Å². The molecule has 7 rings (SSSR count). The molecule has 0 unspecified atom stereocenters. The molecule has 0 radical (unpaired) electrons. The number of amides is 1. The number of nitrogens with one attached hydrogen (secondary N) is 1. The minimum absolute atomic E-state index is 0.0968. The Hall–Kier alpha value is -4.43. The number of ketones is 4. The van der Waals surface area contributed by atoms with Crippen molar-refractivity contribution in [3.63, 3.8) is 0 Å². The maximum Gasteiger partial charge on any atom is 0.244 e. The Bertz CT molecular complexity index is 1650. The lowest BCUT2D eigenvalue weighted by molar-refractivity contribution is -0.118. The second kappa shape index (κ2) is 6.83. The van der Waals surface area contributed by atoms with E-state index >= 15 is 0 Å². The molecule has 2 heterocycles. The number of Topliss-reactive ketones (excluding diaryl/α,β-unsaturated/α-hetero) is 4. The molecule has 0 fully saturated rings. The van der Waals surface area contributed by atoms with Gasteiger partial charge < -0.3 is 10.1 Å². The molecule has 3 aromatic rings. The smallest absolute Gasteiger partial charge is 0.244 e. The molecule has 1 amide bonds. The van der Waals surface area contributed by atoms with E-state index < -0.39 is 46.0 Å². The highest BCUT2D eigenvalue weighted by molar-refractivity contribution is 9.10. The minimum atomic E-state index is -2.05. The molecular weight excluding hydrogens is 526 g/mol. The van der Waals surface area contributed by atoms with Crippen molar-refractivity contribution < 1.29 is 28.7 Å². The number of carbonyl (C=O) groups is 5. The molecule has 172 valence electrons. The van der Waals surface area contributed by atoms with E-state index in [1.54, 1.807) is 42.5 Å². The van der Waals surface area contributed by atoms with Crippen LogP contribution in [0.2, 0.25) is 0 Å². The predicted molar refractivity (Wildman–Crippen MR) is 130 cm³/mol. The average Bonchev–Trinajstić information content (AvgIpc) is 3.16. The zero-order valence-electron chi connectivity index (χ0n) is 18.2. The number of hydrogen-bond donors (Lipinski definition) is 1. The first-order chi connectivity index (χ1) is 17.4. The van der Waals surface area contributed by atoms with Crippen molar-refractivity contribution in [2.45, 2.75) is 5.41 Å². The highest BCUT2D eigenvalue weighted by atomic mass is 79.9. The van der Waals surface area contributed by atoms with Gasteiger partial charge in [0.15, 0.2) is 23.1 Å². The Kier molecular flexibility index (Phi) is 3.96. The fraction of sp³-hybridized carbons (Fsp3) is 0.0357. The van der Waals surface area contributed by atoms with Crippen LogP contribution >= 0.6 is 15.9 Å². The Morgan fingerprint density at radius 1 is 0.639 bits per heavy atom. The molecular formula is C28H12BrNO6. The van der Waals surface area contributed by atoms with Gasteiger partial charge in [-0.3, -0.25) is 24.0 Å². The number of fused-ring (bicyclic) bond motifs is 6. The fourth-order valence-electron chi connectivity index (χ4n) is 5.58. The van der Waals surface area contributed by atoms with Gasteiger partial charge in [-0.05, 0) is 18.2 Å². The number of ether oxygens (including phenoxy) is 1. The molecule has 8 heteroatoms. The Balaban J connectivity index is 1.64. The molecule has 2 aliphatic heterocycles. The van der Waals surface area contributed by atoms with E-state index in [9.17, 15) is 24.0 Å². The van der Waals surface area contributed by atoms with Gasteiger partial charge in [0, 0.05) is 38.0 Å². The van der Waals surface area contributed by atoms with Crippen LogP contribution in [-0.2, 0) is 14.9 Å². The van der Waals surface area contributed by atoms with Gasteiger partial charge in [-0.2, -0.15) is 0 Å². The predicted octanol–water partition coefficient (Wildman–Crippen LogP) is 4.34. The van der Waals surface area contributed by atoms with E-state index in [4.69, 9.17) is 4.74 Å². The highest BCUT2D eigenvalue weighted by Crippen LogP contribution is 2.57. The molecule has 1 N–H and O–H groups in total. The summed E-state index contributed by atoms with van der Waals surface area (Å²) in [6, 6.07) is 17.4. The lowest BCUT2D eigenvalue weighted by atomic mass is 9.60. The maximum absolute atomic E-state index is 14.0. The number of anilines is 1. The van der Waals surface area contributed by atoms with Gasteiger partial charge in [0.1, 0.15) is 5.41 Å².